The molecule has 82 valence electrons. The standard InChI is InChI=1S/C12H16ClNO/c13-11-2-1-10(15-11)12(5-6-12)9-3-7-14-8-4-9/h1-2,9,14H,3-8H2. The van der Waals surface area contributed by atoms with E-state index >= 15 is 0 Å². The lowest BCUT2D eigenvalue weighted by Crippen LogP contribution is -2.34. The van der Waals surface area contributed by atoms with Gasteiger partial charge in [0.2, 0.25) is 0 Å². The van der Waals surface area contributed by atoms with E-state index < -0.39 is 0 Å². The van der Waals surface area contributed by atoms with E-state index in [1.807, 2.05) is 6.07 Å². The fourth-order valence-electron chi connectivity index (χ4n) is 2.95. The fourth-order valence-corrected chi connectivity index (χ4v) is 3.09. The second-order valence-electron chi connectivity index (χ2n) is 4.78. The van der Waals surface area contributed by atoms with Crippen LogP contribution < -0.4 is 5.32 Å². The summed E-state index contributed by atoms with van der Waals surface area (Å²) in [5.74, 6) is 1.92. The van der Waals surface area contributed by atoms with Crippen molar-refractivity contribution < 1.29 is 4.42 Å². The summed E-state index contributed by atoms with van der Waals surface area (Å²) in [6.07, 6.45) is 5.11. The molecule has 0 spiro atoms. The monoisotopic (exact) mass is 225 g/mol. The molecule has 2 aliphatic rings. The summed E-state index contributed by atoms with van der Waals surface area (Å²) < 4.78 is 5.61. The molecule has 3 rings (SSSR count). The van der Waals surface area contributed by atoms with Crippen LogP contribution in [-0.4, -0.2) is 13.1 Å². The minimum Gasteiger partial charge on any atom is -0.449 e. The van der Waals surface area contributed by atoms with E-state index in [1.165, 1.54) is 25.7 Å². The summed E-state index contributed by atoms with van der Waals surface area (Å²) in [7, 11) is 0. The third-order valence-electron chi connectivity index (χ3n) is 3.97. The van der Waals surface area contributed by atoms with Crippen molar-refractivity contribution in [2.45, 2.75) is 31.1 Å². The highest BCUT2D eigenvalue weighted by atomic mass is 35.5. The quantitative estimate of drug-likeness (QED) is 0.837. The Kier molecular flexibility index (Phi) is 2.29. The van der Waals surface area contributed by atoms with Crippen molar-refractivity contribution >= 4 is 11.6 Å². The number of rotatable bonds is 2. The van der Waals surface area contributed by atoms with Crippen LogP contribution in [0.1, 0.15) is 31.4 Å². The molecule has 1 aromatic rings. The van der Waals surface area contributed by atoms with Gasteiger partial charge in [-0.25, -0.2) is 0 Å². The molecule has 0 atom stereocenters. The number of piperidine rings is 1. The first-order valence-corrected chi connectivity index (χ1v) is 6.16. The molecule has 1 aliphatic heterocycles. The molecule has 0 amide bonds. The van der Waals surface area contributed by atoms with Crippen LogP contribution in [0, 0.1) is 5.92 Å². The Hall–Kier alpha value is -0.470. The topological polar surface area (TPSA) is 25.2 Å². The van der Waals surface area contributed by atoms with Crippen molar-refractivity contribution in [3.05, 3.63) is 23.1 Å². The van der Waals surface area contributed by atoms with Gasteiger partial charge in [0.1, 0.15) is 5.76 Å². The van der Waals surface area contributed by atoms with E-state index in [2.05, 4.69) is 11.4 Å². The maximum atomic E-state index is 5.85. The van der Waals surface area contributed by atoms with Gasteiger partial charge in [-0.3, -0.25) is 0 Å². The van der Waals surface area contributed by atoms with Gasteiger partial charge in [0.05, 0.1) is 0 Å². The Morgan fingerprint density at radius 2 is 2.00 bits per heavy atom. The number of nitrogens with one attached hydrogen (secondary N) is 1. The van der Waals surface area contributed by atoms with Gasteiger partial charge in [-0.1, -0.05) is 0 Å². The second kappa shape index (κ2) is 3.53. The largest absolute Gasteiger partial charge is 0.449 e. The summed E-state index contributed by atoms with van der Waals surface area (Å²) in [6, 6.07) is 3.94. The molecular weight excluding hydrogens is 210 g/mol. The van der Waals surface area contributed by atoms with Gasteiger partial charge in [0.25, 0.3) is 0 Å². The summed E-state index contributed by atoms with van der Waals surface area (Å²) in [4.78, 5) is 0. The van der Waals surface area contributed by atoms with Crippen LogP contribution in [0.5, 0.6) is 0 Å². The number of hydrogen-bond donors (Lipinski definition) is 1. The zero-order valence-corrected chi connectivity index (χ0v) is 9.52. The molecule has 0 bridgehead atoms. The minimum atomic E-state index is 0.342. The van der Waals surface area contributed by atoms with Crippen LogP contribution >= 0.6 is 11.6 Å². The first kappa shape index (κ1) is 9.73. The Bertz CT molecular complexity index is 350. The molecule has 2 fully saturated rings. The lowest BCUT2D eigenvalue weighted by Gasteiger charge is -2.29. The van der Waals surface area contributed by atoms with Crippen LogP contribution in [0.3, 0.4) is 0 Å². The van der Waals surface area contributed by atoms with Crippen molar-refractivity contribution in [1.82, 2.24) is 5.32 Å². The summed E-state index contributed by atoms with van der Waals surface area (Å²) in [6.45, 7) is 2.31. The molecule has 1 saturated carbocycles. The van der Waals surface area contributed by atoms with Crippen LogP contribution in [0.4, 0.5) is 0 Å². The van der Waals surface area contributed by atoms with Crippen LogP contribution in [-0.2, 0) is 5.41 Å². The van der Waals surface area contributed by atoms with E-state index in [1.54, 1.807) is 0 Å². The number of halogens is 1. The van der Waals surface area contributed by atoms with E-state index in [0.29, 0.717) is 10.6 Å². The summed E-state index contributed by atoms with van der Waals surface area (Å²) in [5, 5.41) is 3.95. The fraction of sp³-hybridized carbons (Fsp3) is 0.667. The Balaban J connectivity index is 1.83. The molecular formula is C12H16ClNO. The number of hydrogen-bond acceptors (Lipinski definition) is 2. The predicted molar refractivity (Wildman–Crippen MR) is 60.2 cm³/mol. The highest BCUT2D eigenvalue weighted by Gasteiger charge is 2.52. The van der Waals surface area contributed by atoms with Gasteiger partial charge in [0.15, 0.2) is 5.22 Å². The van der Waals surface area contributed by atoms with Crippen molar-refractivity contribution in [3.8, 4) is 0 Å². The van der Waals surface area contributed by atoms with Crippen LogP contribution in [0.2, 0.25) is 5.22 Å². The van der Waals surface area contributed by atoms with Gasteiger partial charge in [0, 0.05) is 5.41 Å². The molecule has 1 aliphatic carbocycles. The molecule has 2 nitrogen and oxygen atoms in total. The predicted octanol–water partition coefficient (Wildman–Crippen LogP) is 2.96. The average Bonchev–Trinajstić information content (AvgIpc) is 2.98. The van der Waals surface area contributed by atoms with Gasteiger partial charge in [-0.05, 0) is 68.4 Å². The van der Waals surface area contributed by atoms with Crippen molar-refractivity contribution in [2.75, 3.05) is 13.1 Å². The lowest BCUT2D eigenvalue weighted by atomic mass is 9.80. The highest BCUT2D eigenvalue weighted by Crippen LogP contribution is 2.56. The molecule has 1 aromatic heterocycles. The van der Waals surface area contributed by atoms with Crippen LogP contribution in [0.15, 0.2) is 16.5 Å². The average molecular weight is 226 g/mol. The van der Waals surface area contributed by atoms with Crippen LogP contribution in [0.25, 0.3) is 0 Å². The van der Waals surface area contributed by atoms with E-state index in [-0.39, 0.29) is 0 Å². The maximum absolute atomic E-state index is 5.85. The smallest absolute Gasteiger partial charge is 0.193 e. The Labute approximate surface area is 95.0 Å². The zero-order chi connectivity index (χ0) is 10.3. The van der Waals surface area contributed by atoms with E-state index in [4.69, 9.17) is 16.0 Å². The third kappa shape index (κ3) is 1.60. The molecule has 0 aromatic carbocycles. The SMILES string of the molecule is Clc1ccc(C2(C3CCNCC3)CC2)o1. The molecule has 2 heterocycles. The molecule has 1 N–H and O–H groups in total. The minimum absolute atomic E-state index is 0.342. The van der Waals surface area contributed by atoms with E-state index in [0.717, 1.165) is 24.8 Å². The van der Waals surface area contributed by atoms with E-state index in [9.17, 15) is 0 Å². The summed E-state index contributed by atoms with van der Waals surface area (Å²) in [5.41, 5.74) is 0.342. The highest BCUT2D eigenvalue weighted by molar-refractivity contribution is 6.28. The molecule has 15 heavy (non-hydrogen) atoms. The summed E-state index contributed by atoms with van der Waals surface area (Å²) >= 11 is 5.85. The normalized spacial score (nSPS) is 25.4. The first-order chi connectivity index (χ1) is 7.31. The maximum Gasteiger partial charge on any atom is 0.193 e. The molecule has 0 radical (unpaired) electrons. The van der Waals surface area contributed by atoms with Gasteiger partial charge >= 0.3 is 0 Å². The molecule has 0 unspecified atom stereocenters. The van der Waals surface area contributed by atoms with Gasteiger partial charge in [-0.2, -0.15) is 0 Å². The number of furan rings is 1. The third-order valence-corrected chi connectivity index (χ3v) is 4.18. The van der Waals surface area contributed by atoms with Gasteiger partial charge < -0.3 is 9.73 Å². The second-order valence-corrected chi connectivity index (χ2v) is 5.16. The Morgan fingerprint density at radius 1 is 1.27 bits per heavy atom. The van der Waals surface area contributed by atoms with Crippen molar-refractivity contribution in [1.29, 1.82) is 0 Å². The zero-order valence-electron chi connectivity index (χ0n) is 8.76. The lowest BCUT2D eigenvalue weighted by molar-refractivity contribution is 0.271. The molecule has 3 heteroatoms. The first-order valence-electron chi connectivity index (χ1n) is 5.78. The van der Waals surface area contributed by atoms with Crippen molar-refractivity contribution in [3.63, 3.8) is 0 Å². The van der Waals surface area contributed by atoms with Crippen molar-refractivity contribution in [2.24, 2.45) is 5.92 Å². The Morgan fingerprint density at radius 3 is 2.53 bits per heavy atom. The van der Waals surface area contributed by atoms with Gasteiger partial charge in [-0.15, -0.1) is 0 Å². The molecule has 1 saturated heterocycles.